The second-order valence-corrected chi connectivity index (χ2v) is 5.89. The van der Waals surface area contributed by atoms with Crippen molar-refractivity contribution in [2.75, 3.05) is 18.2 Å². The topological polar surface area (TPSA) is 49.3 Å². The van der Waals surface area contributed by atoms with Gasteiger partial charge in [0.25, 0.3) is 5.91 Å². The van der Waals surface area contributed by atoms with Crippen molar-refractivity contribution in [2.24, 2.45) is 0 Å². The second-order valence-electron chi connectivity index (χ2n) is 4.13. The molecule has 0 fully saturated rings. The number of hydrogen-bond donors (Lipinski definition) is 2. The lowest BCUT2D eigenvalue weighted by molar-refractivity contribution is 0.102. The number of amides is 1. The smallest absolute Gasteiger partial charge is 0.256 e. The van der Waals surface area contributed by atoms with Gasteiger partial charge in [0.15, 0.2) is 0 Å². The van der Waals surface area contributed by atoms with Crippen molar-refractivity contribution in [1.29, 1.82) is 0 Å². The summed E-state index contributed by atoms with van der Waals surface area (Å²) in [7, 11) is 0. The molecule has 2 aromatic rings. The van der Waals surface area contributed by atoms with Crippen molar-refractivity contribution < 1.29 is 9.90 Å². The van der Waals surface area contributed by atoms with Crippen LogP contribution in [0.4, 0.5) is 5.69 Å². The number of anilines is 1. The summed E-state index contributed by atoms with van der Waals surface area (Å²) in [5.74, 6) is 5.64. The highest BCUT2D eigenvalue weighted by atomic mass is 32.2. The Kier molecular flexibility index (Phi) is 5.88. The number of nitrogens with one attached hydrogen (secondary N) is 1. The van der Waals surface area contributed by atoms with Crippen molar-refractivity contribution in [3.8, 4) is 11.8 Å². The summed E-state index contributed by atoms with van der Waals surface area (Å²) in [5.41, 5.74) is 1.42. The molecular formula is C16H15NO2S2. The molecule has 0 aliphatic heterocycles. The molecule has 0 spiro atoms. The molecule has 1 aromatic heterocycles. The van der Waals surface area contributed by atoms with E-state index in [1.165, 1.54) is 11.3 Å². The SMILES string of the molecule is CSc1ccccc1NC(=O)c1csc(C#CCCO)c1. The predicted molar refractivity (Wildman–Crippen MR) is 89.1 cm³/mol. The summed E-state index contributed by atoms with van der Waals surface area (Å²) in [6.45, 7) is 0.0528. The lowest BCUT2D eigenvalue weighted by Gasteiger charge is -2.07. The normalized spacial score (nSPS) is 9.81. The molecule has 2 rings (SSSR count). The summed E-state index contributed by atoms with van der Waals surface area (Å²) in [6.07, 6.45) is 2.42. The van der Waals surface area contributed by atoms with Crippen LogP contribution in [0.1, 0.15) is 21.7 Å². The van der Waals surface area contributed by atoms with E-state index in [2.05, 4.69) is 17.2 Å². The van der Waals surface area contributed by atoms with Crippen LogP contribution in [0.3, 0.4) is 0 Å². The van der Waals surface area contributed by atoms with Gasteiger partial charge in [0, 0.05) is 16.7 Å². The van der Waals surface area contributed by atoms with Gasteiger partial charge in [-0.1, -0.05) is 24.0 Å². The number of aliphatic hydroxyl groups is 1. The molecule has 3 nitrogen and oxygen atoms in total. The molecule has 0 aliphatic carbocycles. The number of hydrogen-bond acceptors (Lipinski definition) is 4. The fourth-order valence-corrected chi connectivity index (χ4v) is 2.98. The molecule has 21 heavy (non-hydrogen) atoms. The number of carbonyl (C=O) groups is 1. The minimum atomic E-state index is -0.136. The molecule has 1 heterocycles. The van der Waals surface area contributed by atoms with Crippen LogP contribution in [-0.4, -0.2) is 23.9 Å². The Labute approximate surface area is 132 Å². The fraction of sp³-hybridized carbons (Fsp3) is 0.188. The minimum absolute atomic E-state index is 0.0528. The standard InChI is InChI=1S/C16H15NO2S2/c1-20-15-8-3-2-7-14(15)17-16(19)12-10-13(21-11-12)6-4-5-9-18/h2-3,7-8,10-11,18H,5,9H2,1H3,(H,17,19). The van der Waals surface area contributed by atoms with Crippen LogP contribution in [0.15, 0.2) is 40.6 Å². The summed E-state index contributed by atoms with van der Waals surface area (Å²) in [4.78, 5) is 14.1. The quantitative estimate of drug-likeness (QED) is 0.671. The number of aliphatic hydroxyl groups excluding tert-OH is 1. The van der Waals surface area contributed by atoms with Gasteiger partial charge in [-0.05, 0) is 24.5 Å². The summed E-state index contributed by atoms with van der Waals surface area (Å²) < 4.78 is 0. The van der Waals surface area contributed by atoms with Crippen LogP contribution in [0.25, 0.3) is 0 Å². The highest BCUT2D eigenvalue weighted by Gasteiger charge is 2.10. The first kappa shape index (κ1) is 15.6. The van der Waals surface area contributed by atoms with Gasteiger partial charge in [-0.25, -0.2) is 0 Å². The molecule has 0 aliphatic rings. The van der Waals surface area contributed by atoms with Crippen LogP contribution >= 0.6 is 23.1 Å². The van der Waals surface area contributed by atoms with E-state index in [0.717, 1.165) is 15.5 Å². The van der Waals surface area contributed by atoms with Crippen molar-refractivity contribution in [2.45, 2.75) is 11.3 Å². The zero-order valence-electron chi connectivity index (χ0n) is 11.6. The van der Waals surface area contributed by atoms with E-state index in [1.54, 1.807) is 23.2 Å². The molecule has 0 saturated carbocycles. The van der Waals surface area contributed by atoms with E-state index in [1.807, 2.05) is 30.5 Å². The number of rotatable bonds is 4. The number of thioether (sulfide) groups is 1. The van der Waals surface area contributed by atoms with E-state index in [0.29, 0.717) is 12.0 Å². The van der Waals surface area contributed by atoms with Gasteiger partial charge >= 0.3 is 0 Å². The summed E-state index contributed by atoms with van der Waals surface area (Å²) in [6, 6.07) is 9.47. The first-order chi connectivity index (χ1) is 10.2. The third-order valence-electron chi connectivity index (χ3n) is 2.67. The van der Waals surface area contributed by atoms with E-state index in [4.69, 9.17) is 5.11 Å². The maximum atomic E-state index is 12.2. The first-order valence-electron chi connectivity index (χ1n) is 6.37. The van der Waals surface area contributed by atoms with E-state index < -0.39 is 0 Å². The maximum absolute atomic E-state index is 12.2. The zero-order valence-corrected chi connectivity index (χ0v) is 13.2. The molecule has 108 valence electrons. The van der Waals surface area contributed by atoms with Gasteiger partial charge in [0.05, 0.1) is 22.7 Å². The van der Waals surface area contributed by atoms with Gasteiger partial charge in [0.1, 0.15) is 0 Å². The third-order valence-corrected chi connectivity index (χ3v) is 4.31. The molecule has 0 unspecified atom stereocenters. The van der Waals surface area contributed by atoms with Gasteiger partial charge in [-0.3, -0.25) is 4.79 Å². The zero-order chi connectivity index (χ0) is 15.1. The Bertz CT molecular complexity index is 683. The fourth-order valence-electron chi connectivity index (χ4n) is 1.67. The predicted octanol–water partition coefficient (Wildman–Crippen LogP) is 3.46. The molecule has 0 radical (unpaired) electrons. The highest BCUT2D eigenvalue weighted by molar-refractivity contribution is 7.98. The van der Waals surface area contributed by atoms with E-state index in [-0.39, 0.29) is 12.5 Å². The Morgan fingerprint density at radius 2 is 2.24 bits per heavy atom. The first-order valence-corrected chi connectivity index (χ1v) is 8.47. The Hall–Kier alpha value is -1.74. The van der Waals surface area contributed by atoms with Crippen molar-refractivity contribution >= 4 is 34.7 Å². The van der Waals surface area contributed by atoms with Crippen LogP contribution in [-0.2, 0) is 0 Å². The van der Waals surface area contributed by atoms with Crippen LogP contribution in [0.2, 0.25) is 0 Å². The van der Waals surface area contributed by atoms with E-state index >= 15 is 0 Å². The second kappa shape index (κ2) is 7.89. The third kappa shape index (κ3) is 4.36. The van der Waals surface area contributed by atoms with E-state index in [9.17, 15) is 4.79 Å². The molecule has 1 amide bonds. The Morgan fingerprint density at radius 3 is 3.00 bits per heavy atom. The van der Waals surface area contributed by atoms with Gasteiger partial charge in [-0.2, -0.15) is 0 Å². The van der Waals surface area contributed by atoms with Gasteiger partial charge in [0.2, 0.25) is 0 Å². The molecule has 1 aromatic carbocycles. The van der Waals surface area contributed by atoms with Crippen molar-refractivity contribution in [3.05, 3.63) is 46.2 Å². The summed E-state index contributed by atoms with van der Waals surface area (Å²) in [5, 5.41) is 13.4. The minimum Gasteiger partial charge on any atom is -0.395 e. The maximum Gasteiger partial charge on any atom is 0.256 e. The molecule has 2 N–H and O–H groups in total. The molecular weight excluding hydrogens is 302 g/mol. The monoisotopic (exact) mass is 317 g/mol. The molecule has 5 heteroatoms. The Morgan fingerprint density at radius 1 is 1.43 bits per heavy atom. The van der Waals surface area contributed by atoms with Gasteiger partial charge in [-0.15, -0.1) is 23.1 Å². The molecule has 0 bridgehead atoms. The van der Waals surface area contributed by atoms with Gasteiger partial charge < -0.3 is 10.4 Å². The number of thiophene rings is 1. The average Bonchev–Trinajstić information content (AvgIpc) is 2.97. The number of para-hydroxylation sites is 1. The van der Waals surface area contributed by atoms with Crippen molar-refractivity contribution in [3.63, 3.8) is 0 Å². The lowest BCUT2D eigenvalue weighted by atomic mass is 10.2. The average molecular weight is 317 g/mol. The number of benzene rings is 1. The molecule has 0 saturated heterocycles. The van der Waals surface area contributed by atoms with Crippen LogP contribution < -0.4 is 5.32 Å². The lowest BCUT2D eigenvalue weighted by Crippen LogP contribution is -2.11. The van der Waals surface area contributed by atoms with Crippen LogP contribution in [0.5, 0.6) is 0 Å². The molecule has 0 atom stereocenters. The largest absolute Gasteiger partial charge is 0.395 e. The van der Waals surface area contributed by atoms with Crippen molar-refractivity contribution in [1.82, 2.24) is 0 Å². The summed E-state index contributed by atoms with van der Waals surface area (Å²) >= 11 is 3.02. The van der Waals surface area contributed by atoms with Crippen LogP contribution in [0, 0.1) is 11.8 Å². The number of carbonyl (C=O) groups excluding carboxylic acids is 1. The highest BCUT2D eigenvalue weighted by Crippen LogP contribution is 2.25. The Balaban J connectivity index is 2.09.